The number of carbonyl (C=O) groups excluding carboxylic acids is 1. The maximum atomic E-state index is 13.0. The zero-order chi connectivity index (χ0) is 20.2. The molecule has 0 amide bonds. The van der Waals surface area contributed by atoms with Gasteiger partial charge in [-0.3, -0.25) is 0 Å². The van der Waals surface area contributed by atoms with Crippen molar-refractivity contribution in [3.8, 4) is 5.75 Å². The molecule has 144 valence electrons. The molecule has 0 aromatic heterocycles. The quantitative estimate of drug-likeness (QED) is 0.379. The third-order valence-electron chi connectivity index (χ3n) is 4.32. The molecule has 0 aliphatic carbocycles. The molecule has 29 heavy (non-hydrogen) atoms. The van der Waals surface area contributed by atoms with E-state index in [0.717, 1.165) is 21.2 Å². The van der Waals surface area contributed by atoms with Gasteiger partial charge in [0, 0.05) is 5.56 Å². The average molecular weight is 452 g/mol. The molecular formula is C23H15BrFNO3. The SMILES string of the molecule is O=C1ON=C(c2ccccc2)/C1=C/c1ccc(OCc2ccc(F)cc2)c(Br)c1. The van der Waals surface area contributed by atoms with Gasteiger partial charge < -0.3 is 9.57 Å². The van der Waals surface area contributed by atoms with E-state index in [2.05, 4.69) is 21.1 Å². The van der Waals surface area contributed by atoms with Crippen LogP contribution in [-0.4, -0.2) is 11.7 Å². The predicted molar refractivity (Wildman–Crippen MR) is 112 cm³/mol. The first-order chi connectivity index (χ1) is 14.1. The average Bonchev–Trinajstić information content (AvgIpc) is 3.09. The molecule has 1 aliphatic rings. The predicted octanol–water partition coefficient (Wildman–Crippen LogP) is 5.51. The van der Waals surface area contributed by atoms with Gasteiger partial charge in [-0.05, 0) is 57.4 Å². The molecule has 1 aliphatic heterocycles. The molecule has 0 saturated carbocycles. The minimum atomic E-state index is -0.489. The van der Waals surface area contributed by atoms with E-state index < -0.39 is 5.97 Å². The van der Waals surface area contributed by atoms with E-state index in [0.29, 0.717) is 23.6 Å². The fourth-order valence-corrected chi connectivity index (χ4v) is 3.36. The highest BCUT2D eigenvalue weighted by Crippen LogP contribution is 2.29. The molecule has 0 atom stereocenters. The van der Waals surface area contributed by atoms with E-state index in [1.54, 1.807) is 24.3 Å². The van der Waals surface area contributed by atoms with Gasteiger partial charge >= 0.3 is 5.97 Å². The van der Waals surface area contributed by atoms with Crippen molar-refractivity contribution in [2.75, 3.05) is 0 Å². The van der Waals surface area contributed by atoms with E-state index in [4.69, 9.17) is 9.57 Å². The topological polar surface area (TPSA) is 47.9 Å². The van der Waals surface area contributed by atoms with Crippen LogP contribution in [0.15, 0.2) is 88.0 Å². The van der Waals surface area contributed by atoms with Crippen molar-refractivity contribution in [3.63, 3.8) is 0 Å². The van der Waals surface area contributed by atoms with Crippen LogP contribution in [0.5, 0.6) is 5.75 Å². The third kappa shape index (κ3) is 4.43. The van der Waals surface area contributed by atoms with Crippen molar-refractivity contribution in [3.05, 3.63) is 105 Å². The van der Waals surface area contributed by atoms with Gasteiger partial charge in [0.1, 0.15) is 23.9 Å². The van der Waals surface area contributed by atoms with Gasteiger partial charge in [0.2, 0.25) is 0 Å². The van der Waals surface area contributed by atoms with Crippen LogP contribution in [-0.2, 0) is 16.2 Å². The molecule has 0 N–H and O–H groups in total. The molecule has 4 nitrogen and oxygen atoms in total. The summed E-state index contributed by atoms with van der Waals surface area (Å²) < 4.78 is 19.5. The molecule has 6 heteroatoms. The number of oxime groups is 1. The van der Waals surface area contributed by atoms with Crippen LogP contribution in [0.1, 0.15) is 16.7 Å². The lowest BCUT2D eigenvalue weighted by Crippen LogP contribution is -2.06. The van der Waals surface area contributed by atoms with Crippen molar-refractivity contribution >= 4 is 33.7 Å². The fourth-order valence-electron chi connectivity index (χ4n) is 2.85. The Kier molecular flexibility index (Phi) is 5.53. The molecule has 0 spiro atoms. The largest absolute Gasteiger partial charge is 0.488 e. The standard InChI is InChI=1S/C23H15BrFNO3/c24-20-13-16(8-11-21(20)28-14-15-6-9-18(25)10-7-15)12-19-22(26-29-23(19)27)17-4-2-1-3-5-17/h1-13H,14H2/b19-12-. The van der Waals surface area contributed by atoms with Crippen molar-refractivity contribution in [2.45, 2.75) is 6.61 Å². The molecule has 4 rings (SSSR count). The molecule has 0 fully saturated rings. The highest BCUT2D eigenvalue weighted by Gasteiger charge is 2.26. The van der Waals surface area contributed by atoms with Crippen molar-refractivity contribution < 1.29 is 18.8 Å². The molecule has 0 radical (unpaired) electrons. The lowest BCUT2D eigenvalue weighted by molar-refractivity contribution is -0.136. The van der Waals surface area contributed by atoms with Crippen molar-refractivity contribution in [1.82, 2.24) is 0 Å². The van der Waals surface area contributed by atoms with Gasteiger partial charge in [-0.2, -0.15) is 0 Å². The number of hydrogen-bond acceptors (Lipinski definition) is 4. The van der Waals surface area contributed by atoms with Gasteiger partial charge in [0.05, 0.1) is 10.0 Å². The Morgan fingerprint density at radius 3 is 2.52 bits per heavy atom. The Morgan fingerprint density at radius 1 is 1.03 bits per heavy atom. The number of benzene rings is 3. The fraction of sp³-hybridized carbons (Fsp3) is 0.0435. The van der Waals surface area contributed by atoms with Gasteiger partial charge in [-0.15, -0.1) is 0 Å². The van der Waals surface area contributed by atoms with Crippen LogP contribution in [0.3, 0.4) is 0 Å². The van der Waals surface area contributed by atoms with E-state index in [9.17, 15) is 9.18 Å². The van der Waals surface area contributed by atoms with Gasteiger partial charge in [-0.1, -0.05) is 53.7 Å². The number of nitrogens with zero attached hydrogens (tertiary/aromatic N) is 1. The lowest BCUT2D eigenvalue weighted by Gasteiger charge is -2.09. The summed E-state index contributed by atoms with van der Waals surface area (Å²) in [5, 5.41) is 3.91. The van der Waals surface area contributed by atoms with Gasteiger partial charge in [0.25, 0.3) is 0 Å². The lowest BCUT2D eigenvalue weighted by atomic mass is 10.0. The molecule has 0 saturated heterocycles. The first-order valence-electron chi connectivity index (χ1n) is 8.84. The smallest absolute Gasteiger partial charge is 0.368 e. The Hall–Kier alpha value is -3.25. The summed E-state index contributed by atoms with van der Waals surface area (Å²) in [6.07, 6.45) is 1.73. The Balaban J connectivity index is 1.53. The third-order valence-corrected chi connectivity index (χ3v) is 4.94. The molecule has 0 unspecified atom stereocenters. The molecular weight excluding hydrogens is 437 g/mol. The second kappa shape index (κ2) is 8.41. The number of halogens is 2. The Bertz CT molecular complexity index is 1110. The minimum absolute atomic E-state index is 0.281. The van der Waals surface area contributed by atoms with Gasteiger partial charge in [0.15, 0.2) is 0 Å². The molecule has 0 bridgehead atoms. The molecule has 3 aromatic rings. The molecule has 3 aromatic carbocycles. The highest BCUT2D eigenvalue weighted by molar-refractivity contribution is 9.10. The number of hydrogen-bond donors (Lipinski definition) is 0. The summed E-state index contributed by atoms with van der Waals surface area (Å²) in [5.74, 6) is -0.129. The van der Waals surface area contributed by atoms with Crippen LogP contribution >= 0.6 is 15.9 Å². The maximum Gasteiger partial charge on any atom is 0.368 e. The van der Waals surface area contributed by atoms with E-state index in [1.165, 1.54) is 12.1 Å². The van der Waals surface area contributed by atoms with Gasteiger partial charge in [-0.25, -0.2) is 9.18 Å². The van der Waals surface area contributed by atoms with Crippen LogP contribution in [0, 0.1) is 5.82 Å². The number of rotatable bonds is 5. The zero-order valence-corrected chi connectivity index (χ0v) is 16.7. The van der Waals surface area contributed by atoms with Crippen LogP contribution < -0.4 is 4.74 Å². The monoisotopic (exact) mass is 451 g/mol. The highest BCUT2D eigenvalue weighted by atomic mass is 79.9. The van der Waals surface area contributed by atoms with E-state index >= 15 is 0 Å². The molecule has 1 heterocycles. The normalized spacial score (nSPS) is 14.6. The number of ether oxygens (including phenoxy) is 1. The van der Waals surface area contributed by atoms with Crippen molar-refractivity contribution in [2.24, 2.45) is 5.16 Å². The second-order valence-electron chi connectivity index (χ2n) is 6.35. The summed E-state index contributed by atoms with van der Waals surface area (Å²) in [5.41, 5.74) is 3.36. The maximum absolute atomic E-state index is 13.0. The first kappa shape index (κ1) is 19.1. The minimum Gasteiger partial charge on any atom is -0.488 e. The summed E-state index contributed by atoms with van der Waals surface area (Å²) >= 11 is 3.50. The zero-order valence-electron chi connectivity index (χ0n) is 15.1. The van der Waals surface area contributed by atoms with E-state index in [-0.39, 0.29) is 5.82 Å². The Morgan fingerprint density at radius 2 is 1.79 bits per heavy atom. The van der Waals surface area contributed by atoms with Crippen LogP contribution in [0.25, 0.3) is 6.08 Å². The first-order valence-corrected chi connectivity index (χ1v) is 9.63. The van der Waals surface area contributed by atoms with Crippen LogP contribution in [0.2, 0.25) is 0 Å². The van der Waals surface area contributed by atoms with Crippen molar-refractivity contribution in [1.29, 1.82) is 0 Å². The van der Waals surface area contributed by atoms with E-state index in [1.807, 2.05) is 42.5 Å². The second-order valence-corrected chi connectivity index (χ2v) is 7.20. The Labute approximate surface area is 175 Å². The van der Waals surface area contributed by atoms with Crippen LogP contribution in [0.4, 0.5) is 4.39 Å². The summed E-state index contributed by atoms with van der Waals surface area (Å²) in [7, 11) is 0. The summed E-state index contributed by atoms with van der Waals surface area (Å²) in [4.78, 5) is 17.0. The summed E-state index contributed by atoms with van der Waals surface area (Å²) in [6, 6.07) is 21.0. The number of carbonyl (C=O) groups is 1. The summed E-state index contributed by atoms with van der Waals surface area (Å²) in [6.45, 7) is 0.316.